The topological polar surface area (TPSA) is 75.2 Å². The predicted octanol–water partition coefficient (Wildman–Crippen LogP) is 1.62. The third-order valence-electron chi connectivity index (χ3n) is 3.41. The zero-order valence-electron chi connectivity index (χ0n) is 11.4. The van der Waals surface area contributed by atoms with E-state index >= 15 is 0 Å². The molecule has 0 saturated carbocycles. The van der Waals surface area contributed by atoms with E-state index in [1.54, 1.807) is 0 Å². The van der Waals surface area contributed by atoms with Crippen molar-refractivity contribution >= 4 is 23.7 Å². The quantitative estimate of drug-likeness (QED) is 0.642. The Morgan fingerprint density at radius 3 is 2.74 bits per heavy atom. The van der Waals surface area contributed by atoms with Gasteiger partial charge in [0.25, 0.3) is 0 Å². The Labute approximate surface area is 112 Å². The van der Waals surface area contributed by atoms with Crippen molar-refractivity contribution < 1.29 is 9.59 Å². The highest BCUT2D eigenvalue weighted by Gasteiger charge is 2.35. The van der Waals surface area contributed by atoms with E-state index in [9.17, 15) is 9.59 Å². The number of ketones is 1. The molecule has 0 bridgehead atoms. The van der Waals surface area contributed by atoms with E-state index in [0.717, 1.165) is 19.1 Å². The molecule has 19 heavy (non-hydrogen) atoms. The highest BCUT2D eigenvalue weighted by molar-refractivity contribution is 5.93. The van der Waals surface area contributed by atoms with Gasteiger partial charge in [-0.1, -0.05) is 13.8 Å². The van der Waals surface area contributed by atoms with Crippen molar-refractivity contribution in [3.05, 3.63) is 11.9 Å². The number of rotatable bonds is 5. The van der Waals surface area contributed by atoms with E-state index in [4.69, 9.17) is 0 Å². The lowest BCUT2D eigenvalue weighted by molar-refractivity contribution is -0.108. The number of nitrogens with zero attached hydrogens (tertiary/aromatic N) is 3. The Hall–Kier alpha value is -1.98. The van der Waals surface area contributed by atoms with Crippen LogP contribution in [0.15, 0.2) is 6.20 Å². The second-order valence-corrected chi connectivity index (χ2v) is 4.59. The minimum absolute atomic E-state index is 0.138. The van der Waals surface area contributed by atoms with Crippen LogP contribution in [0, 0.1) is 0 Å². The van der Waals surface area contributed by atoms with Crippen LogP contribution in [0.2, 0.25) is 0 Å². The van der Waals surface area contributed by atoms with Crippen LogP contribution >= 0.6 is 0 Å². The Morgan fingerprint density at radius 1 is 1.53 bits per heavy atom. The second kappa shape index (κ2) is 5.34. The van der Waals surface area contributed by atoms with Crippen molar-refractivity contribution in [2.75, 3.05) is 10.2 Å². The number of aromatic nitrogens is 2. The van der Waals surface area contributed by atoms with Crippen molar-refractivity contribution in [1.82, 2.24) is 9.97 Å². The standard InChI is InChI=1S/C13H18N4O2/c1-4-9(5-2)17-11(7-18)16-12-13(17)14-6-10(15-12)8(3)19/h6-7,9,11H,4-5H2,1-3H3,(H,15,16). The number of hydrogen-bond donors (Lipinski definition) is 1. The Kier molecular flexibility index (Phi) is 3.78. The number of fused-ring (bicyclic) bond motifs is 1. The molecule has 0 aromatic carbocycles. The SMILES string of the molecule is CCC(CC)N1c2ncc(C(C)=O)nc2NC1C=O. The van der Waals surface area contributed by atoms with Crippen molar-refractivity contribution in [2.45, 2.75) is 45.8 Å². The molecule has 1 aromatic rings. The van der Waals surface area contributed by atoms with Crippen LogP contribution in [0.25, 0.3) is 0 Å². The first-order valence-electron chi connectivity index (χ1n) is 6.50. The summed E-state index contributed by atoms with van der Waals surface area (Å²) in [6, 6.07) is 0.224. The van der Waals surface area contributed by atoms with Gasteiger partial charge in [-0.25, -0.2) is 9.97 Å². The molecule has 1 aliphatic rings. The van der Waals surface area contributed by atoms with E-state index in [1.165, 1.54) is 13.1 Å². The third kappa shape index (κ3) is 2.30. The number of aldehydes is 1. The maximum atomic E-state index is 11.3. The van der Waals surface area contributed by atoms with E-state index in [1.807, 2.05) is 4.90 Å². The maximum Gasteiger partial charge on any atom is 0.179 e. The lowest BCUT2D eigenvalue weighted by Gasteiger charge is -2.29. The summed E-state index contributed by atoms with van der Waals surface area (Å²) in [6.07, 6.45) is 3.68. The van der Waals surface area contributed by atoms with Gasteiger partial charge in [0.15, 0.2) is 29.9 Å². The monoisotopic (exact) mass is 262 g/mol. The summed E-state index contributed by atoms with van der Waals surface area (Å²) >= 11 is 0. The first-order chi connectivity index (χ1) is 9.12. The van der Waals surface area contributed by atoms with Crippen LogP contribution in [-0.4, -0.2) is 34.2 Å². The predicted molar refractivity (Wildman–Crippen MR) is 72.4 cm³/mol. The van der Waals surface area contributed by atoms with Crippen molar-refractivity contribution in [3.8, 4) is 0 Å². The molecule has 6 nitrogen and oxygen atoms in total. The zero-order chi connectivity index (χ0) is 14.0. The van der Waals surface area contributed by atoms with Gasteiger partial charge in [0, 0.05) is 13.0 Å². The fourth-order valence-corrected chi connectivity index (χ4v) is 2.36. The van der Waals surface area contributed by atoms with Gasteiger partial charge in [-0.3, -0.25) is 9.59 Å². The molecule has 0 fully saturated rings. The van der Waals surface area contributed by atoms with Gasteiger partial charge < -0.3 is 10.2 Å². The van der Waals surface area contributed by atoms with Crippen LogP contribution < -0.4 is 10.2 Å². The highest BCUT2D eigenvalue weighted by atomic mass is 16.1. The molecule has 1 atom stereocenters. The molecule has 0 spiro atoms. The summed E-state index contributed by atoms with van der Waals surface area (Å²) in [5, 5.41) is 3.01. The number of Topliss-reactive ketones (excluding diaryl/α,β-unsaturated/α-hetero) is 1. The lowest BCUT2D eigenvalue weighted by atomic mass is 10.1. The molecule has 0 saturated heterocycles. The lowest BCUT2D eigenvalue weighted by Crippen LogP contribution is -2.44. The van der Waals surface area contributed by atoms with Gasteiger partial charge in [-0.15, -0.1) is 0 Å². The molecule has 0 radical (unpaired) electrons. The third-order valence-corrected chi connectivity index (χ3v) is 3.41. The molecule has 0 amide bonds. The molecule has 1 aromatic heterocycles. The van der Waals surface area contributed by atoms with Gasteiger partial charge in [0.2, 0.25) is 0 Å². The van der Waals surface area contributed by atoms with Gasteiger partial charge in [0.05, 0.1) is 6.20 Å². The summed E-state index contributed by atoms with van der Waals surface area (Å²) in [7, 11) is 0. The van der Waals surface area contributed by atoms with Crippen molar-refractivity contribution in [3.63, 3.8) is 0 Å². The van der Waals surface area contributed by atoms with Gasteiger partial charge in [0.1, 0.15) is 5.69 Å². The van der Waals surface area contributed by atoms with Crippen LogP contribution in [0.1, 0.15) is 44.1 Å². The Morgan fingerprint density at radius 2 is 2.21 bits per heavy atom. The molecule has 0 aliphatic carbocycles. The largest absolute Gasteiger partial charge is 0.341 e. The zero-order valence-corrected chi connectivity index (χ0v) is 11.4. The van der Waals surface area contributed by atoms with Crippen molar-refractivity contribution in [1.29, 1.82) is 0 Å². The van der Waals surface area contributed by atoms with Gasteiger partial charge >= 0.3 is 0 Å². The molecule has 1 aliphatic heterocycles. The molecule has 6 heteroatoms. The Balaban J connectivity index is 2.42. The average molecular weight is 262 g/mol. The first-order valence-corrected chi connectivity index (χ1v) is 6.50. The summed E-state index contributed by atoms with van der Waals surface area (Å²) in [4.78, 5) is 33.0. The van der Waals surface area contributed by atoms with Crippen LogP contribution in [0.5, 0.6) is 0 Å². The highest BCUT2D eigenvalue weighted by Crippen LogP contribution is 2.33. The normalized spacial score (nSPS) is 17.3. The summed E-state index contributed by atoms with van der Waals surface area (Å²) in [5.74, 6) is 1.02. The van der Waals surface area contributed by atoms with Crippen LogP contribution in [0.3, 0.4) is 0 Å². The van der Waals surface area contributed by atoms with E-state index in [0.29, 0.717) is 17.3 Å². The number of carbonyl (C=O) groups excluding carboxylic acids is 2. The molecule has 2 heterocycles. The minimum Gasteiger partial charge on any atom is -0.341 e. The summed E-state index contributed by atoms with van der Waals surface area (Å²) in [6.45, 7) is 5.60. The molecule has 2 rings (SSSR count). The minimum atomic E-state index is -0.456. The maximum absolute atomic E-state index is 11.3. The van der Waals surface area contributed by atoms with Crippen LogP contribution in [0.4, 0.5) is 11.6 Å². The van der Waals surface area contributed by atoms with Gasteiger partial charge in [-0.05, 0) is 12.8 Å². The van der Waals surface area contributed by atoms with E-state index in [-0.39, 0.29) is 11.8 Å². The average Bonchev–Trinajstić information content (AvgIpc) is 2.78. The van der Waals surface area contributed by atoms with Crippen LogP contribution in [-0.2, 0) is 4.79 Å². The first kappa shape index (κ1) is 13.5. The number of nitrogens with one attached hydrogen (secondary N) is 1. The number of carbonyl (C=O) groups is 2. The number of hydrogen-bond acceptors (Lipinski definition) is 6. The molecule has 1 N–H and O–H groups in total. The summed E-state index contributed by atoms with van der Waals surface area (Å²) in [5.41, 5.74) is 0.308. The smallest absolute Gasteiger partial charge is 0.179 e. The van der Waals surface area contributed by atoms with E-state index < -0.39 is 6.17 Å². The second-order valence-electron chi connectivity index (χ2n) is 4.59. The molecule has 1 unspecified atom stereocenters. The molecular formula is C13H18N4O2. The Bertz CT molecular complexity index is 499. The fourth-order valence-electron chi connectivity index (χ4n) is 2.36. The van der Waals surface area contributed by atoms with Gasteiger partial charge in [-0.2, -0.15) is 0 Å². The number of anilines is 2. The van der Waals surface area contributed by atoms with Crippen molar-refractivity contribution in [2.24, 2.45) is 0 Å². The summed E-state index contributed by atoms with van der Waals surface area (Å²) < 4.78 is 0. The molecule has 102 valence electrons. The molecular weight excluding hydrogens is 244 g/mol. The fraction of sp³-hybridized carbons (Fsp3) is 0.538. The van der Waals surface area contributed by atoms with E-state index in [2.05, 4.69) is 29.1 Å².